The third-order valence-corrected chi connectivity index (χ3v) is 4.04. The summed E-state index contributed by atoms with van der Waals surface area (Å²) in [5, 5.41) is 2.92. The molecule has 5 heteroatoms. The Morgan fingerprint density at radius 3 is 2.59 bits per heavy atom. The number of hydrogen-bond acceptors (Lipinski definition) is 4. The molecule has 0 radical (unpaired) electrons. The summed E-state index contributed by atoms with van der Waals surface area (Å²) in [4.78, 5) is 12.1. The molecule has 1 heterocycles. The van der Waals surface area contributed by atoms with E-state index in [2.05, 4.69) is 5.32 Å². The summed E-state index contributed by atoms with van der Waals surface area (Å²) < 4.78 is 10.7. The van der Waals surface area contributed by atoms with Gasteiger partial charge in [-0.25, -0.2) is 0 Å². The monoisotopic (exact) mass is 306 g/mol. The first-order chi connectivity index (χ1) is 10.7. The highest BCUT2D eigenvalue weighted by molar-refractivity contribution is 5.81. The standard InChI is InChI=1S/C17H26N2O3/c1-2-21-12-14-5-3-13(4-6-14)11-19-17(20)16(18)15-7-9-22-10-8-15/h3-6,15-16H,2,7-12,18H2,1H3,(H,19,20). The maximum absolute atomic E-state index is 12.1. The molecular formula is C17H26N2O3. The van der Waals surface area contributed by atoms with Gasteiger partial charge in [0, 0.05) is 26.4 Å². The van der Waals surface area contributed by atoms with Crippen LogP contribution in [0.3, 0.4) is 0 Å². The average Bonchev–Trinajstić information content (AvgIpc) is 2.58. The van der Waals surface area contributed by atoms with Crippen molar-refractivity contribution in [2.45, 2.75) is 39.0 Å². The molecule has 1 aliphatic heterocycles. The number of nitrogens with one attached hydrogen (secondary N) is 1. The molecule has 1 aliphatic rings. The SMILES string of the molecule is CCOCc1ccc(CNC(=O)C(N)C2CCOCC2)cc1. The molecule has 5 nitrogen and oxygen atoms in total. The molecule has 1 aromatic rings. The number of amides is 1. The maximum atomic E-state index is 12.1. The lowest BCUT2D eigenvalue weighted by Crippen LogP contribution is -2.46. The van der Waals surface area contributed by atoms with Crippen LogP contribution in [-0.4, -0.2) is 31.8 Å². The van der Waals surface area contributed by atoms with E-state index in [4.69, 9.17) is 15.2 Å². The van der Waals surface area contributed by atoms with E-state index in [9.17, 15) is 4.79 Å². The van der Waals surface area contributed by atoms with E-state index in [1.807, 2.05) is 31.2 Å². The van der Waals surface area contributed by atoms with Gasteiger partial charge >= 0.3 is 0 Å². The fraction of sp³-hybridized carbons (Fsp3) is 0.588. The van der Waals surface area contributed by atoms with Crippen molar-refractivity contribution in [3.63, 3.8) is 0 Å². The Labute approximate surface area is 132 Å². The predicted octanol–water partition coefficient (Wildman–Crippen LogP) is 1.59. The van der Waals surface area contributed by atoms with Crippen LogP contribution >= 0.6 is 0 Å². The van der Waals surface area contributed by atoms with E-state index >= 15 is 0 Å². The molecule has 1 aromatic carbocycles. The highest BCUT2D eigenvalue weighted by atomic mass is 16.5. The lowest BCUT2D eigenvalue weighted by molar-refractivity contribution is -0.124. The van der Waals surface area contributed by atoms with Crippen molar-refractivity contribution >= 4 is 5.91 Å². The zero-order valence-electron chi connectivity index (χ0n) is 13.2. The molecule has 1 unspecified atom stereocenters. The second-order valence-corrected chi connectivity index (χ2v) is 5.65. The van der Waals surface area contributed by atoms with Crippen LogP contribution in [0, 0.1) is 5.92 Å². The first kappa shape index (κ1) is 16.9. The van der Waals surface area contributed by atoms with Gasteiger partial charge in [0.25, 0.3) is 0 Å². The summed E-state index contributed by atoms with van der Waals surface area (Å²) in [5.74, 6) is 0.146. The molecule has 0 aromatic heterocycles. The van der Waals surface area contributed by atoms with Crippen molar-refractivity contribution in [1.29, 1.82) is 0 Å². The van der Waals surface area contributed by atoms with E-state index in [0.717, 1.165) is 24.0 Å². The minimum atomic E-state index is -0.443. The van der Waals surface area contributed by atoms with Crippen molar-refractivity contribution in [3.05, 3.63) is 35.4 Å². The van der Waals surface area contributed by atoms with Gasteiger partial charge in [0.2, 0.25) is 5.91 Å². The van der Waals surface area contributed by atoms with Gasteiger partial charge in [-0.2, -0.15) is 0 Å². The summed E-state index contributed by atoms with van der Waals surface area (Å²) in [6, 6.07) is 7.62. The molecule has 0 spiro atoms. The number of benzene rings is 1. The molecule has 0 bridgehead atoms. The number of nitrogens with two attached hydrogens (primary N) is 1. The third kappa shape index (κ3) is 5.09. The van der Waals surface area contributed by atoms with Crippen LogP contribution in [0.4, 0.5) is 0 Å². The zero-order chi connectivity index (χ0) is 15.8. The van der Waals surface area contributed by atoms with Crippen molar-refractivity contribution in [2.24, 2.45) is 11.7 Å². The van der Waals surface area contributed by atoms with Gasteiger partial charge in [0.15, 0.2) is 0 Å². The number of carbonyl (C=O) groups excluding carboxylic acids is 1. The molecule has 1 atom stereocenters. The van der Waals surface area contributed by atoms with Gasteiger partial charge in [0.1, 0.15) is 0 Å². The van der Waals surface area contributed by atoms with Crippen molar-refractivity contribution in [1.82, 2.24) is 5.32 Å². The van der Waals surface area contributed by atoms with E-state index in [-0.39, 0.29) is 11.8 Å². The lowest BCUT2D eigenvalue weighted by atomic mass is 9.92. The molecule has 1 amide bonds. The summed E-state index contributed by atoms with van der Waals surface area (Å²) in [6.45, 7) is 5.22. The van der Waals surface area contributed by atoms with E-state index in [1.165, 1.54) is 0 Å². The second kappa shape index (κ2) is 8.88. The van der Waals surface area contributed by atoms with Gasteiger partial charge in [-0.3, -0.25) is 4.79 Å². The number of carbonyl (C=O) groups is 1. The molecule has 3 N–H and O–H groups in total. The van der Waals surface area contributed by atoms with Crippen LogP contribution in [0.1, 0.15) is 30.9 Å². The van der Waals surface area contributed by atoms with Gasteiger partial charge in [-0.15, -0.1) is 0 Å². The zero-order valence-corrected chi connectivity index (χ0v) is 13.2. The summed E-state index contributed by atoms with van der Waals surface area (Å²) in [7, 11) is 0. The van der Waals surface area contributed by atoms with Crippen LogP contribution in [-0.2, 0) is 27.4 Å². The number of rotatable bonds is 7. The summed E-state index contributed by atoms with van der Waals surface area (Å²) >= 11 is 0. The molecule has 2 rings (SSSR count). The Morgan fingerprint density at radius 2 is 1.95 bits per heavy atom. The van der Waals surface area contributed by atoms with E-state index in [1.54, 1.807) is 0 Å². The highest BCUT2D eigenvalue weighted by Gasteiger charge is 2.26. The number of ether oxygens (including phenoxy) is 2. The molecule has 1 saturated heterocycles. The fourth-order valence-corrected chi connectivity index (χ4v) is 2.57. The van der Waals surface area contributed by atoms with Gasteiger partial charge in [0.05, 0.1) is 12.6 Å². The Balaban J connectivity index is 1.77. The average molecular weight is 306 g/mol. The van der Waals surface area contributed by atoms with Crippen molar-refractivity contribution in [3.8, 4) is 0 Å². The van der Waals surface area contributed by atoms with E-state index < -0.39 is 6.04 Å². The van der Waals surface area contributed by atoms with Crippen LogP contribution in [0.2, 0.25) is 0 Å². The van der Waals surface area contributed by atoms with Crippen LogP contribution in [0.5, 0.6) is 0 Å². The highest BCUT2D eigenvalue weighted by Crippen LogP contribution is 2.17. The quantitative estimate of drug-likeness (QED) is 0.802. The molecular weight excluding hydrogens is 280 g/mol. The first-order valence-electron chi connectivity index (χ1n) is 7.97. The lowest BCUT2D eigenvalue weighted by Gasteiger charge is -2.26. The Morgan fingerprint density at radius 1 is 1.32 bits per heavy atom. The second-order valence-electron chi connectivity index (χ2n) is 5.65. The van der Waals surface area contributed by atoms with Crippen LogP contribution in [0.15, 0.2) is 24.3 Å². The number of hydrogen-bond donors (Lipinski definition) is 2. The maximum Gasteiger partial charge on any atom is 0.237 e. The Kier molecular flexibility index (Phi) is 6.83. The molecule has 1 fully saturated rings. The summed E-state index contributed by atoms with van der Waals surface area (Å²) in [6.07, 6.45) is 1.72. The first-order valence-corrected chi connectivity index (χ1v) is 7.97. The van der Waals surface area contributed by atoms with Crippen molar-refractivity contribution < 1.29 is 14.3 Å². The molecule has 22 heavy (non-hydrogen) atoms. The largest absolute Gasteiger partial charge is 0.381 e. The summed E-state index contributed by atoms with van der Waals surface area (Å²) in [5.41, 5.74) is 8.25. The predicted molar refractivity (Wildman–Crippen MR) is 85.1 cm³/mol. The minimum Gasteiger partial charge on any atom is -0.381 e. The molecule has 122 valence electrons. The molecule has 0 saturated carbocycles. The Hall–Kier alpha value is -1.43. The Bertz CT molecular complexity index is 455. The van der Waals surface area contributed by atoms with Gasteiger partial charge < -0.3 is 20.5 Å². The van der Waals surface area contributed by atoms with Gasteiger partial charge in [-0.05, 0) is 36.8 Å². The van der Waals surface area contributed by atoms with Crippen LogP contribution < -0.4 is 11.1 Å². The fourth-order valence-electron chi connectivity index (χ4n) is 2.57. The molecule has 0 aliphatic carbocycles. The van der Waals surface area contributed by atoms with E-state index in [0.29, 0.717) is 33.0 Å². The normalized spacial score (nSPS) is 17.2. The topological polar surface area (TPSA) is 73.6 Å². The minimum absolute atomic E-state index is 0.0784. The van der Waals surface area contributed by atoms with Crippen molar-refractivity contribution in [2.75, 3.05) is 19.8 Å². The third-order valence-electron chi connectivity index (χ3n) is 4.04. The smallest absolute Gasteiger partial charge is 0.237 e. The van der Waals surface area contributed by atoms with Gasteiger partial charge in [-0.1, -0.05) is 24.3 Å². The van der Waals surface area contributed by atoms with Crippen LogP contribution in [0.25, 0.3) is 0 Å².